The van der Waals surface area contributed by atoms with Gasteiger partial charge in [0.15, 0.2) is 5.58 Å². The van der Waals surface area contributed by atoms with Gasteiger partial charge in [0.2, 0.25) is 0 Å². The molecule has 16 heavy (non-hydrogen) atoms. The summed E-state index contributed by atoms with van der Waals surface area (Å²) < 4.78 is 5.61. The van der Waals surface area contributed by atoms with Crippen LogP contribution in [0.25, 0.3) is 11.1 Å². The first-order chi connectivity index (χ1) is 7.74. The Balaban J connectivity index is 2.43. The fraction of sp³-hybridized carbons (Fsp3) is 0.364. The number of hydrogen-bond donors (Lipinski definition) is 2. The number of halogens is 1. The third-order valence-electron chi connectivity index (χ3n) is 2.33. The van der Waals surface area contributed by atoms with Gasteiger partial charge in [0.1, 0.15) is 5.52 Å². The maximum absolute atomic E-state index is 5.99. The second-order valence-electron chi connectivity index (χ2n) is 3.50. The molecule has 0 atom stereocenters. The quantitative estimate of drug-likeness (QED) is 0.860. The third-order valence-corrected chi connectivity index (χ3v) is 2.55. The van der Waals surface area contributed by atoms with Crippen LogP contribution in [0.2, 0.25) is 5.02 Å². The van der Waals surface area contributed by atoms with Crippen LogP contribution in [0.15, 0.2) is 16.5 Å². The van der Waals surface area contributed by atoms with Gasteiger partial charge in [-0.3, -0.25) is 0 Å². The largest absolute Gasteiger partial charge is 0.423 e. The molecule has 0 spiro atoms. The van der Waals surface area contributed by atoms with Crippen LogP contribution < -0.4 is 11.1 Å². The van der Waals surface area contributed by atoms with Crippen LogP contribution in [-0.2, 0) is 6.42 Å². The molecule has 4 nitrogen and oxygen atoms in total. The predicted molar refractivity (Wildman–Crippen MR) is 65.9 cm³/mol. The second kappa shape index (κ2) is 4.72. The zero-order valence-electron chi connectivity index (χ0n) is 9.09. The molecular weight excluding hydrogens is 226 g/mol. The second-order valence-corrected chi connectivity index (χ2v) is 3.94. The first-order valence-electron chi connectivity index (χ1n) is 5.27. The van der Waals surface area contributed by atoms with Gasteiger partial charge in [-0.05, 0) is 24.1 Å². The highest BCUT2D eigenvalue weighted by Crippen LogP contribution is 2.26. The maximum Gasteiger partial charge on any atom is 0.295 e. The Kier molecular flexibility index (Phi) is 3.31. The van der Waals surface area contributed by atoms with Crippen LogP contribution in [0.1, 0.15) is 12.5 Å². The van der Waals surface area contributed by atoms with Gasteiger partial charge in [-0.15, -0.1) is 0 Å². The smallest absolute Gasteiger partial charge is 0.295 e. The van der Waals surface area contributed by atoms with E-state index in [1.54, 1.807) is 6.07 Å². The van der Waals surface area contributed by atoms with Crippen LogP contribution in [-0.4, -0.2) is 18.1 Å². The Morgan fingerprint density at radius 2 is 2.31 bits per heavy atom. The van der Waals surface area contributed by atoms with Gasteiger partial charge in [-0.1, -0.05) is 18.5 Å². The minimum absolute atomic E-state index is 0.498. The zero-order chi connectivity index (χ0) is 11.5. The fourth-order valence-corrected chi connectivity index (χ4v) is 1.82. The summed E-state index contributed by atoms with van der Waals surface area (Å²) in [6.45, 7) is 3.24. The van der Waals surface area contributed by atoms with Crippen molar-refractivity contribution in [2.75, 3.05) is 18.4 Å². The van der Waals surface area contributed by atoms with Crippen molar-refractivity contribution in [2.24, 2.45) is 5.73 Å². The molecule has 2 aromatic rings. The minimum atomic E-state index is 0.498. The predicted octanol–water partition coefficient (Wildman–Crippen LogP) is 2.41. The number of aromatic nitrogens is 1. The number of fused-ring (bicyclic) bond motifs is 1. The summed E-state index contributed by atoms with van der Waals surface area (Å²) >= 11 is 5.99. The van der Waals surface area contributed by atoms with E-state index in [2.05, 4.69) is 17.2 Å². The summed E-state index contributed by atoms with van der Waals surface area (Å²) in [5.74, 6) is 0. The van der Waals surface area contributed by atoms with Crippen LogP contribution >= 0.6 is 11.6 Å². The number of nitrogens with zero attached hydrogens (tertiary/aromatic N) is 1. The van der Waals surface area contributed by atoms with Crippen molar-refractivity contribution >= 4 is 28.7 Å². The average Bonchev–Trinajstić information content (AvgIpc) is 2.67. The molecule has 0 saturated carbocycles. The van der Waals surface area contributed by atoms with E-state index >= 15 is 0 Å². The Hall–Kier alpha value is -1.26. The molecule has 0 amide bonds. The molecule has 0 fully saturated rings. The molecule has 2 rings (SSSR count). The Morgan fingerprint density at radius 3 is 3.00 bits per heavy atom. The van der Waals surface area contributed by atoms with E-state index in [0.29, 0.717) is 24.1 Å². The van der Waals surface area contributed by atoms with Crippen LogP contribution in [0, 0.1) is 0 Å². The first kappa shape index (κ1) is 11.2. The van der Waals surface area contributed by atoms with Crippen LogP contribution in [0.3, 0.4) is 0 Å². The van der Waals surface area contributed by atoms with E-state index < -0.39 is 0 Å². The average molecular weight is 240 g/mol. The van der Waals surface area contributed by atoms with E-state index in [1.165, 1.54) is 0 Å². The maximum atomic E-state index is 5.99. The summed E-state index contributed by atoms with van der Waals surface area (Å²) in [4.78, 5) is 4.30. The molecule has 0 radical (unpaired) electrons. The topological polar surface area (TPSA) is 64.1 Å². The number of anilines is 1. The lowest BCUT2D eigenvalue weighted by Gasteiger charge is -1.98. The summed E-state index contributed by atoms with van der Waals surface area (Å²) in [6, 6.07) is 4.20. The molecule has 0 saturated heterocycles. The summed E-state index contributed by atoms with van der Waals surface area (Å²) in [7, 11) is 0. The zero-order valence-corrected chi connectivity index (χ0v) is 9.84. The molecule has 0 aliphatic carbocycles. The van der Waals surface area contributed by atoms with E-state index in [1.807, 2.05) is 6.07 Å². The number of rotatable bonds is 4. The van der Waals surface area contributed by atoms with Gasteiger partial charge in [0, 0.05) is 18.1 Å². The Morgan fingerprint density at radius 1 is 1.50 bits per heavy atom. The normalized spacial score (nSPS) is 10.9. The van der Waals surface area contributed by atoms with E-state index in [-0.39, 0.29) is 0 Å². The molecule has 0 aliphatic rings. The van der Waals surface area contributed by atoms with Crippen molar-refractivity contribution in [3.8, 4) is 0 Å². The van der Waals surface area contributed by atoms with Gasteiger partial charge in [-0.2, -0.15) is 4.98 Å². The molecule has 3 N–H and O–H groups in total. The van der Waals surface area contributed by atoms with E-state index in [9.17, 15) is 0 Å². The van der Waals surface area contributed by atoms with Crippen molar-refractivity contribution in [2.45, 2.75) is 13.3 Å². The molecule has 1 aromatic carbocycles. The van der Waals surface area contributed by atoms with Gasteiger partial charge < -0.3 is 15.5 Å². The van der Waals surface area contributed by atoms with Gasteiger partial charge in [0.25, 0.3) is 6.01 Å². The Labute approximate surface area is 98.8 Å². The van der Waals surface area contributed by atoms with Crippen molar-refractivity contribution in [3.63, 3.8) is 0 Å². The highest BCUT2D eigenvalue weighted by atomic mass is 35.5. The summed E-state index contributed by atoms with van der Waals surface area (Å²) in [5.41, 5.74) is 8.04. The molecule has 1 aromatic heterocycles. The van der Waals surface area contributed by atoms with Gasteiger partial charge >= 0.3 is 0 Å². The van der Waals surface area contributed by atoms with Gasteiger partial charge in [0.05, 0.1) is 0 Å². The molecule has 0 aliphatic heterocycles. The van der Waals surface area contributed by atoms with Crippen molar-refractivity contribution < 1.29 is 4.42 Å². The molecule has 1 heterocycles. The summed E-state index contributed by atoms with van der Waals surface area (Å²) in [5, 5.41) is 3.69. The molecule has 0 bridgehead atoms. The molecular formula is C11H14ClN3O. The van der Waals surface area contributed by atoms with Crippen molar-refractivity contribution in [1.29, 1.82) is 0 Å². The number of nitrogens with one attached hydrogen (secondary N) is 1. The van der Waals surface area contributed by atoms with Crippen LogP contribution in [0.5, 0.6) is 0 Å². The molecule has 0 unspecified atom stereocenters. The highest BCUT2D eigenvalue weighted by Gasteiger charge is 2.10. The van der Waals surface area contributed by atoms with Crippen molar-refractivity contribution in [3.05, 3.63) is 22.7 Å². The van der Waals surface area contributed by atoms with Gasteiger partial charge in [-0.25, -0.2) is 0 Å². The lowest BCUT2D eigenvalue weighted by Crippen LogP contribution is -2.13. The van der Waals surface area contributed by atoms with Crippen molar-refractivity contribution in [1.82, 2.24) is 4.98 Å². The SMILES string of the molecule is CCc1cc(Cl)cc2nc(NCCN)oc12. The third kappa shape index (κ3) is 2.13. The standard InChI is InChI=1S/C11H14ClN3O/c1-2-7-5-8(12)6-9-10(7)16-11(15-9)14-4-3-13/h5-6H,2-4,13H2,1H3,(H,14,15). The number of nitrogens with two attached hydrogens (primary N) is 1. The highest BCUT2D eigenvalue weighted by molar-refractivity contribution is 6.31. The van der Waals surface area contributed by atoms with E-state index in [4.69, 9.17) is 21.8 Å². The molecule has 5 heteroatoms. The van der Waals surface area contributed by atoms with E-state index in [0.717, 1.165) is 23.1 Å². The first-order valence-corrected chi connectivity index (χ1v) is 5.65. The number of oxazole rings is 1. The lowest BCUT2D eigenvalue weighted by molar-refractivity contribution is 0.611. The fourth-order valence-electron chi connectivity index (χ4n) is 1.58. The minimum Gasteiger partial charge on any atom is -0.423 e. The monoisotopic (exact) mass is 239 g/mol. The summed E-state index contributed by atoms with van der Waals surface area (Å²) in [6.07, 6.45) is 0.864. The number of aryl methyl sites for hydroxylation is 1. The number of benzene rings is 1. The van der Waals surface area contributed by atoms with Crippen LogP contribution in [0.4, 0.5) is 6.01 Å². The Bertz CT molecular complexity index is 495. The lowest BCUT2D eigenvalue weighted by atomic mass is 10.1. The molecule has 86 valence electrons. The number of hydrogen-bond acceptors (Lipinski definition) is 4.